The molecule has 1 saturated heterocycles. The van der Waals surface area contributed by atoms with Crippen LogP contribution in [-0.2, 0) is 20.7 Å². The summed E-state index contributed by atoms with van der Waals surface area (Å²) in [5, 5.41) is 0. The molecule has 0 spiro atoms. The van der Waals surface area contributed by atoms with E-state index in [-0.39, 0.29) is 25.0 Å². The molecule has 2 aromatic carbocycles. The number of likely N-dealkylation sites (tertiary alicyclic amines) is 1. The number of carbonyl (C=O) groups excluding carboxylic acids is 3. The molecule has 198 valence electrons. The van der Waals surface area contributed by atoms with Gasteiger partial charge in [0.25, 0.3) is 11.8 Å². The van der Waals surface area contributed by atoms with Crippen LogP contribution in [0, 0.1) is 11.7 Å². The van der Waals surface area contributed by atoms with Gasteiger partial charge in [0.2, 0.25) is 5.78 Å². The minimum Gasteiger partial charge on any atom is -0.496 e. The van der Waals surface area contributed by atoms with E-state index in [0.29, 0.717) is 35.9 Å². The number of ketones is 1. The van der Waals surface area contributed by atoms with Crippen LogP contribution in [0.5, 0.6) is 5.75 Å². The van der Waals surface area contributed by atoms with Gasteiger partial charge < -0.3 is 24.2 Å². The number of fused-ring (bicyclic) bond motifs is 1. The van der Waals surface area contributed by atoms with Gasteiger partial charge >= 0.3 is 0 Å². The quantitative estimate of drug-likeness (QED) is 0.507. The molecule has 37 heavy (non-hydrogen) atoms. The molecule has 0 bridgehead atoms. The first kappa shape index (κ1) is 26.6. The van der Waals surface area contributed by atoms with Crippen LogP contribution in [0.3, 0.4) is 0 Å². The molecule has 0 aromatic heterocycles. The van der Waals surface area contributed by atoms with Gasteiger partial charge in [-0.2, -0.15) is 0 Å². The van der Waals surface area contributed by atoms with E-state index in [0.717, 1.165) is 30.5 Å². The van der Waals surface area contributed by atoms with Crippen molar-refractivity contribution >= 4 is 23.3 Å². The van der Waals surface area contributed by atoms with Crippen molar-refractivity contribution < 1.29 is 28.2 Å². The Hall–Kier alpha value is -3.46. The summed E-state index contributed by atoms with van der Waals surface area (Å²) in [4.78, 5) is 44.1. The van der Waals surface area contributed by atoms with Gasteiger partial charge in [0.05, 0.1) is 18.6 Å². The van der Waals surface area contributed by atoms with E-state index in [1.165, 1.54) is 24.1 Å². The molecule has 0 saturated carbocycles. The number of carbonyl (C=O) groups is 3. The number of likely N-dealkylation sites (N-methyl/N-ethyl adjacent to an activating group) is 1. The average Bonchev–Trinajstić information content (AvgIpc) is 3.25. The van der Waals surface area contributed by atoms with Gasteiger partial charge in [-0.05, 0) is 54.5 Å². The summed E-state index contributed by atoms with van der Waals surface area (Å²) in [5.74, 6) is -1.36. The van der Waals surface area contributed by atoms with E-state index in [4.69, 9.17) is 9.47 Å². The smallest absolute Gasteiger partial charge is 0.290 e. The third kappa shape index (κ3) is 5.61. The second-order valence-electron chi connectivity index (χ2n) is 9.93. The summed E-state index contributed by atoms with van der Waals surface area (Å²) >= 11 is 0. The monoisotopic (exact) mass is 511 g/mol. The van der Waals surface area contributed by atoms with Gasteiger partial charge in [0.1, 0.15) is 18.3 Å². The Kier molecular flexibility index (Phi) is 8.12. The van der Waals surface area contributed by atoms with E-state index >= 15 is 0 Å². The van der Waals surface area contributed by atoms with Crippen molar-refractivity contribution in [3.63, 3.8) is 0 Å². The molecule has 4 rings (SSSR count). The molecule has 1 fully saturated rings. The molecule has 2 aliphatic rings. The van der Waals surface area contributed by atoms with Crippen molar-refractivity contribution in [1.82, 2.24) is 9.80 Å². The van der Waals surface area contributed by atoms with Crippen LogP contribution in [-0.4, -0.2) is 82.1 Å². The van der Waals surface area contributed by atoms with Crippen molar-refractivity contribution in [2.75, 3.05) is 59.6 Å². The molecule has 0 N–H and O–H groups in total. The Balaban J connectivity index is 1.54. The number of Topliss-reactive ketones (excluding diaryl/α,β-unsaturated/α-hetero) is 1. The molecule has 8 nitrogen and oxygen atoms in total. The first-order chi connectivity index (χ1) is 17.7. The maximum absolute atomic E-state index is 13.6. The molecule has 9 heteroatoms. The topological polar surface area (TPSA) is 79.4 Å². The van der Waals surface area contributed by atoms with E-state index in [9.17, 15) is 18.8 Å². The number of ether oxygens (including phenoxy) is 2. The fourth-order valence-corrected chi connectivity index (χ4v) is 5.23. The minimum absolute atomic E-state index is 0.157. The predicted octanol–water partition coefficient (Wildman–Crippen LogP) is 3.09. The van der Waals surface area contributed by atoms with Crippen molar-refractivity contribution in [1.29, 1.82) is 0 Å². The molecular formula is C28H34FN3O5. The lowest BCUT2D eigenvalue weighted by Gasteiger charge is -2.32. The minimum atomic E-state index is -0.695. The van der Waals surface area contributed by atoms with Gasteiger partial charge in [0, 0.05) is 52.6 Å². The molecule has 2 heterocycles. The van der Waals surface area contributed by atoms with Crippen LogP contribution < -0.4 is 9.64 Å². The number of amides is 2. The number of methoxy groups -OCH3 is 2. The van der Waals surface area contributed by atoms with Crippen LogP contribution in [0.4, 0.5) is 10.1 Å². The second-order valence-corrected chi connectivity index (χ2v) is 9.93. The summed E-state index contributed by atoms with van der Waals surface area (Å²) in [7, 11) is 6.17. The number of nitrogens with zero attached hydrogens (tertiary/aromatic N) is 3. The van der Waals surface area contributed by atoms with Crippen LogP contribution in [0.1, 0.15) is 40.2 Å². The lowest BCUT2D eigenvalue weighted by atomic mass is 9.89. The standard InChI is InChI=1S/C28H34FN3O5/c1-30(2)28(35)26(33)23-16-32(17-36-3)24-15-25(37-4)22(14-21(23)24)27(34)31-11-9-19(10-12-31)13-18-5-7-20(29)8-6-18/h5-8,14-15,19,23H,9-13,16-17H2,1-4H3. The highest BCUT2D eigenvalue weighted by Crippen LogP contribution is 2.41. The normalized spacial score (nSPS) is 17.5. The molecule has 1 atom stereocenters. The molecule has 2 aliphatic heterocycles. The fourth-order valence-electron chi connectivity index (χ4n) is 5.23. The Morgan fingerprint density at radius 3 is 2.32 bits per heavy atom. The zero-order valence-corrected chi connectivity index (χ0v) is 21.8. The summed E-state index contributed by atoms with van der Waals surface area (Å²) in [6.07, 6.45) is 2.54. The summed E-state index contributed by atoms with van der Waals surface area (Å²) in [6, 6.07) is 10.1. The highest BCUT2D eigenvalue weighted by atomic mass is 19.1. The Labute approximate surface area is 216 Å². The van der Waals surface area contributed by atoms with Gasteiger partial charge in [-0.1, -0.05) is 12.1 Å². The molecule has 2 aromatic rings. The van der Waals surface area contributed by atoms with Gasteiger partial charge in [-0.15, -0.1) is 0 Å². The zero-order valence-electron chi connectivity index (χ0n) is 21.8. The Bertz CT molecular complexity index is 1160. The largest absolute Gasteiger partial charge is 0.496 e. The molecule has 0 aliphatic carbocycles. The number of hydrogen-bond acceptors (Lipinski definition) is 6. The van der Waals surface area contributed by atoms with Crippen LogP contribution >= 0.6 is 0 Å². The number of piperidine rings is 1. The number of hydrogen-bond donors (Lipinski definition) is 0. The van der Waals surface area contributed by atoms with Crippen LogP contribution in [0.2, 0.25) is 0 Å². The van der Waals surface area contributed by atoms with Crippen molar-refractivity contribution in [2.45, 2.75) is 25.2 Å². The third-order valence-electron chi connectivity index (χ3n) is 7.26. The predicted molar refractivity (Wildman–Crippen MR) is 137 cm³/mol. The molecular weight excluding hydrogens is 477 g/mol. The highest BCUT2D eigenvalue weighted by molar-refractivity contribution is 6.38. The fraction of sp³-hybridized carbons (Fsp3) is 0.464. The molecule has 0 radical (unpaired) electrons. The highest BCUT2D eigenvalue weighted by Gasteiger charge is 2.39. The van der Waals surface area contributed by atoms with E-state index in [1.54, 1.807) is 33.3 Å². The first-order valence-corrected chi connectivity index (χ1v) is 12.5. The second kappa shape index (κ2) is 11.3. The number of benzene rings is 2. The molecule has 1 unspecified atom stereocenters. The summed E-state index contributed by atoms with van der Waals surface area (Å²) in [6.45, 7) is 1.73. The molecule has 2 amide bonds. The number of anilines is 1. The van der Waals surface area contributed by atoms with Gasteiger partial charge in [-0.3, -0.25) is 14.4 Å². The van der Waals surface area contributed by atoms with Crippen LogP contribution in [0.25, 0.3) is 0 Å². The van der Waals surface area contributed by atoms with Crippen molar-refractivity contribution in [3.05, 3.63) is 58.9 Å². The van der Waals surface area contributed by atoms with E-state index in [1.807, 2.05) is 21.9 Å². The Morgan fingerprint density at radius 2 is 1.73 bits per heavy atom. The third-order valence-corrected chi connectivity index (χ3v) is 7.26. The summed E-state index contributed by atoms with van der Waals surface area (Å²) < 4.78 is 24.1. The van der Waals surface area contributed by atoms with Crippen molar-refractivity contribution in [3.8, 4) is 5.75 Å². The first-order valence-electron chi connectivity index (χ1n) is 12.5. The lowest BCUT2D eigenvalue weighted by Crippen LogP contribution is -2.39. The van der Waals surface area contributed by atoms with Crippen molar-refractivity contribution in [2.24, 2.45) is 5.92 Å². The zero-order chi connectivity index (χ0) is 26.7. The Morgan fingerprint density at radius 1 is 1.05 bits per heavy atom. The van der Waals surface area contributed by atoms with Gasteiger partial charge in [0.15, 0.2) is 0 Å². The number of rotatable bonds is 8. The maximum Gasteiger partial charge on any atom is 0.290 e. The van der Waals surface area contributed by atoms with Crippen LogP contribution in [0.15, 0.2) is 36.4 Å². The summed E-state index contributed by atoms with van der Waals surface area (Å²) in [5.41, 5.74) is 2.83. The van der Waals surface area contributed by atoms with E-state index in [2.05, 4.69) is 0 Å². The van der Waals surface area contributed by atoms with Gasteiger partial charge in [-0.25, -0.2) is 4.39 Å². The lowest BCUT2D eigenvalue weighted by molar-refractivity contribution is -0.143. The maximum atomic E-state index is 13.6. The SMILES string of the molecule is COCN1CC(C(=O)C(=O)N(C)C)c2cc(C(=O)N3CCC(Cc4ccc(F)cc4)CC3)c(OC)cc21. The average molecular weight is 512 g/mol. The van der Waals surface area contributed by atoms with E-state index < -0.39 is 17.6 Å². The number of halogens is 1.